The minimum atomic E-state index is -0.199. The fourth-order valence-corrected chi connectivity index (χ4v) is 4.33. The fourth-order valence-electron chi connectivity index (χ4n) is 1.87. The normalized spacial score (nSPS) is 12.8. The number of hydrogen-bond donors (Lipinski definition) is 1. The van der Waals surface area contributed by atoms with Gasteiger partial charge in [0, 0.05) is 31.4 Å². The number of halogens is 2. The van der Waals surface area contributed by atoms with E-state index in [0.29, 0.717) is 19.8 Å². The first-order valence-electron chi connectivity index (χ1n) is 6.48. The molecule has 0 unspecified atom stereocenters. The van der Waals surface area contributed by atoms with Crippen LogP contribution in [-0.4, -0.2) is 10.8 Å². The summed E-state index contributed by atoms with van der Waals surface area (Å²) in [5, 5.41) is 2.52. The van der Waals surface area contributed by atoms with Gasteiger partial charge in [-0.3, -0.25) is 9.59 Å². The second-order valence-corrected chi connectivity index (χ2v) is 7.99. The second kappa shape index (κ2) is 6.97. The highest BCUT2D eigenvalue weighted by Gasteiger charge is 2.03. The van der Waals surface area contributed by atoms with Crippen molar-refractivity contribution in [3.63, 3.8) is 0 Å². The third kappa shape index (κ3) is 4.09. The average molecular weight is 427 g/mol. The maximum absolute atomic E-state index is 12.2. The Kier molecular flexibility index (Phi) is 4.96. The number of Topliss-reactive ketones (excluding diaryl/α,β-unsaturated/α-hetero) is 1. The molecule has 0 aliphatic heterocycles. The van der Waals surface area contributed by atoms with Gasteiger partial charge in [-0.15, -0.1) is 22.7 Å². The molecule has 0 radical (unpaired) electrons. The van der Waals surface area contributed by atoms with Crippen LogP contribution in [0, 0.1) is 0 Å². The zero-order valence-electron chi connectivity index (χ0n) is 11.5. The van der Waals surface area contributed by atoms with Gasteiger partial charge in [0.2, 0.25) is 0 Å². The Morgan fingerprint density at radius 3 is 2.65 bits per heavy atom. The summed E-state index contributed by atoms with van der Waals surface area (Å²) in [4.78, 5) is 27.8. The Balaban J connectivity index is 1.97. The van der Waals surface area contributed by atoms with Crippen LogP contribution in [0.15, 0.2) is 45.0 Å². The van der Waals surface area contributed by atoms with Crippen molar-refractivity contribution >= 4 is 68.1 Å². The minimum absolute atomic E-state index is 0.176. The number of benzene rings is 1. The maximum Gasteiger partial charge on any atom is 0.266 e. The molecule has 3 rings (SSSR count). The lowest BCUT2D eigenvalue weighted by molar-refractivity contribution is 0.106. The van der Waals surface area contributed by atoms with Crippen molar-refractivity contribution in [2.24, 2.45) is 0 Å². The van der Waals surface area contributed by atoms with E-state index in [1.165, 1.54) is 28.7 Å². The molecule has 0 aliphatic carbocycles. The average Bonchev–Trinajstić information content (AvgIpc) is 3.06. The van der Waals surface area contributed by atoms with Crippen LogP contribution in [-0.2, 0) is 0 Å². The highest BCUT2D eigenvalue weighted by Crippen LogP contribution is 2.19. The summed E-state index contributed by atoms with van der Waals surface area (Å²) in [5.41, 5.74) is 0.325. The van der Waals surface area contributed by atoms with Crippen molar-refractivity contribution < 1.29 is 4.79 Å². The Labute approximate surface area is 152 Å². The number of aromatic nitrogens is 1. The number of carbonyl (C=O) groups is 1. The Morgan fingerprint density at radius 1 is 1.26 bits per heavy atom. The molecule has 2 heterocycles. The molecule has 116 valence electrons. The molecule has 1 N–H and O–H groups in total. The lowest BCUT2D eigenvalue weighted by atomic mass is 10.1. The molecule has 3 aromatic rings. The quantitative estimate of drug-likeness (QED) is 0.653. The second-order valence-electron chi connectivity index (χ2n) is 4.61. The van der Waals surface area contributed by atoms with Crippen LogP contribution in [0.2, 0.25) is 5.02 Å². The van der Waals surface area contributed by atoms with E-state index in [0.717, 1.165) is 9.35 Å². The first kappa shape index (κ1) is 16.4. The Bertz CT molecular complexity index is 1030. The third-order valence-corrected chi connectivity index (χ3v) is 5.79. The molecule has 3 nitrogen and oxygen atoms in total. The van der Waals surface area contributed by atoms with E-state index in [1.54, 1.807) is 24.3 Å². The highest BCUT2D eigenvalue weighted by molar-refractivity contribution is 9.10. The van der Waals surface area contributed by atoms with Crippen LogP contribution in [0.1, 0.15) is 15.2 Å². The summed E-state index contributed by atoms with van der Waals surface area (Å²) in [5.74, 6) is -0.176. The van der Waals surface area contributed by atoms with E-state index < -0.39 is 0 Å². The summed E-state index contributed by atoms with van der Waals surface area (Å²) in [6.45, 7) is 0. The van der Waals surface area contributed by atoms with Crippen molar-refractivity contribution in [2.45, 2.75) is 0 Å². The van der Waals surface area contributed by atoms with E-state index in [-0.39, 0.29) is 11.3 Å². The van der Waals surface area contributed by atoms with Crippen LogP contribution in [0.25, 0.3) is 12.2 Å². The molecule has 7 heteroatoms. The van der Waals surface area contributed by atoms with Gasteiger partial charge in [-0.05, 0) is 52.3 Å². The lowest BCUT2D eigenvalue weighted by Gasteiger charge is -1.94. The van der Waals surface area contributed by atoms with E-state index in [1.807, 2.05) is 17.5 Å². The summed E-state index contributed by atoms with van der Waals surface area (Å²) in [7, 11) is 0. The molecule has 23 heavy (non-hydrogen) atoms. The number of ketones is 1. The number of thiophene rings is 1. The van der Waals surface area contributed by atoms with Gasteiger partial charge >= 0.3 is 0 Å². The van der Waals surface area contributed by atoms with Gasteiger partial charge in [0.25, 0.3) is 5.56 Å². The molecule has 1 aromatic carbocycles. The van der Waals surface area contributed by atoms with Crippen molar-refractivity contribution in [2.75, 3.05) is 0 Å². The third-order valence-electron chi connectivity index (χ3n) is 2.93. The van der Waals surface area contributed by atoms with Gasteiger partial charge < -0.3 is 4.98 Å². The molecular formula is C16H9BrClNO2S2. The highest BCUT2D eigenvalue weighted by atomic mass is 79.9. The largest absolute Gasteiger partial charge is 0.313 e. The number of thiazole rings is 1. The number of aromatic amines is 1. The standard InChI is InChI=1S/C16H9BrClNO2S2/c17-10-5-12(22-8-10)6-14-16(21)19-15(23-14)7-13(20)9-1-3-11(18)4-2-9/h1-8H,(H,19,21)/b14-6+,15-7+. The van der Waals surface area contributed by atoms with Crippen LogP contribution in [0.4, 0.5) is 0 Å². The zero-order valence-corrected chi connectivity index (χ0v) is 15.5. The van der Waals surface area contributed by atoms with Gasteiger partial charge in [-0.25, -0.2) is 0 Å². The molecule has 0 bridgehead atoms. The summed E-state index contributed by atoms with van der Waals surface area (Å²) in [6, 6.07) is 8.57. The predicted molar refractivity (Wildman–Crippen MR) is 100 cm³/mol. The van der Waals surface area contributed by atoms with Gasteiger partial charge in [0.15, 0.2) is 5.78 Å². The van der Waals surface area contributed by atoms with Crippen molar-refractivity contribution in [3.8, 4) is 0 Å². The van der Waals surface area contributed by atoms with Crippen LogP contribution in [0.3, 0.4) is 0 Å². The van der Waals surface area contributed by atoms with Gasteiger partial charge in [0.05, 0.1) is 9.20 Å². The fraction of sp³-hybridized carbons (Fsp3) is 0. The van der Waals surface area contributed by atoms with E-state index in [9.17, 15) is 9.59 Å². The Hall–Kier alpha value is -1.47. The summed E-state index contributed by atoms with van der Waals surface area (Å²) < 4.78 is 2.07. The van der Waals surface area contributed by atoms with Crippen LogP contribution >= 0.6 is 50.2 Å². The number of H-pyrrole nitrogens is 1. The van der Waals surface area contributed by atoms with Crippen molar-refractivity contribution in [3.05, 3.63) is 75.2 Å². The molecule has 0 aliphatic rings. The SMILES string of the molecule is O=C(/C=c1\[nH]c(=O)/c(=C\c2cc(Br)cs2)s1)c1ccc(Cl)cc1. The number of hydrogen-bond acceptors (Lipinski definition) is 4. The monoisotopic (exact) mass is 425 g/mol. The molecule has 0 saturated carbocycles. The van der Waals surface area contributed by atoms with E-state index in [2.05, 4.69) is 20.9 Å². The molecular weight excluding hydrogens is 418 g/mol. The van der Waals surface area contributed by atoms with Crippen molar-refractivity contribution in [1.29, 1.82) is 0 Å². The predicted octanol–water partition coefficient (Wildman–Crippen LogP) is 3.41. The number of rotatable bonds is 3. The minimum Gasteiger partial charge on any atom is -0.313 e. The molecule has 0 amide bonds. The number of nitrogens with one attached hydrogen (secondary N) is 1. The van der Waals surface area contributed by atoms with Crippen molar-refractivity contribution in [1.82, 2.24) is 4.98 Å². The molecule has 0 atom stereocenters. The molecule has 2 aromatic heterocycles. The number of carbonyl (C=O) groups excluding carboxylic acids is 1. The summed E-state index contributed by atoms with van der Waals surface area (Å²) in [6.07, 6.45) is 3.24. The summed E-state index contributed by atoms with van der Waals surface area (Å²) >= 11 is 12.0. The lowest BCUT2D eigenvalue weighted by Crippen LogP contribution is -2.19. The smallest absolute Gasteiger partial charge is 0.266 e. The topological polar surface area (TPSA) is 49.9 Å². The van der Waals surface area contributed by atoms with Gasteiger partial charge in [-0.2, -0.15) is 0 Å². The van der Waals surface area contributed by atoms with Crippen LogP contribution < -0.4 is 14.8 Å². The van der Waals surface area contributed by atoms with Crippen LogP contribution in [0.5, 0.6) is 0 Å². The zero-order chi connectivity index (χ0) is 16.4. The molecule has 0 fully saturated rings. The van der Waals surface area contributed by atoms with E-state index >= 15 is 0 Å². The van der Waals surface area contributed by atoms with E-state index in [4.69, 9.17) is 11.6 Å². The first-order chi connectivity index (χ1) is 11.0. The maximum atomic E-state index is 12.2. The first-order valence-corrected chi connectivity index (χ1v) is 9.34. The molecule has 0 saturated heterocycles. The molecule has 0 spiro atoms. The van der Waals surface area contributed by atoms with Gasteiger partial charge in [0.1, 0.15) is 0 Å². The van der Waals surface area contributed by atoms with Gasteiger partial charge in [-0.1, -0.05) is 11.6 Å². The Morgan fingerprint density at radius 2 is 2.00 bits per heavy atom.